The highest BCUT2D eigenvalue weighted by molar-refractivity contribution is 5.97. The van der Waals surface area contributed by atoms with Crippen LogP contribution in [0.1, 0.15) is 41.2 Å². The lowest BCUT2D eigenvalue weighted by Crippen LogP contribution is -2.32. The van der Waals surface area contributed by atoms with Gasteiger partial charge in [0.25, 0.3) is 0 Å². The number of carbonyl (C=O) groups excluding carboxylic acids is 2. The second-order valence-electron chi connectivity index (χ2n) is 7.99. The van der Waals surface area contributed by atoms with E-state index < -0.39 is 0 Å². The van der Waals surface area contributed by atoms with Crippen LogP contribution in [0.25, 0.3) is 5.57 Å². The van der Waals surface area contributed by atoms with Crippen molar-refractivity contribution in [2.75, 3.05) is 6.54 Å². The van der Waals surface area contributed by atoms with Gasteiger partial charge in [0.05, 0.1) is 6.42 Å². The zero-order valence-electron chi connectivity index (χ0n) is 18.5. The Bertz CT molecular complexity index is 1000. The first kappa shape index (κ1) is 22.2. The summed E-state index contributed by atoms with van der Waals surface area (Å²) in [6, 6.07) is 26.7. The zero-order chi connectivity index (χ0) is 22.2. The minimum absolute atomic E-state index is 0.0783. The van der Waals surface area contributed by atoms with E-state index in [0.29, 0.717) is 13.1 Å². The van der Waals surface area contributed by atoms with Crippen molar-refractivity contribution in [2.45, 2.75) is 33.7 Å². The van der Waals surface area contributed by atoms with Crippen molar-refractivity contribution in [1.82, 2.24) is 4.90 Å². The summed E-state index contributed by atoms with van der Waals surface area (Å²) in [5, 5.41) is 0. The predicted octanol–water partition coefficient (Wildman–Crippen LogP) is 5.74. The van der Waals surface area contributed by atoms with Gasteiger partial charge in [-0.3, -0.25) is 9.59 Å². The molecule has 0 aliphatic heterocycles. The third-order valence-electron chi connectivity index (χ3n) is 5.21. The van der Waals surface area contributed by atoms with Crippen LogP contribution in [0.15, 0.2) is 84.9 Å². The van der Waals surface area contributed by atoms with Crippen molar-refractivity contribution in [3.63, 3.8) is 0 Å². The van der Waals surface area contributed by atoms with E-state index >= 15 is 0 Å². The van der Waals surface area contributed by atoms with Crippen LogP contribution in [0.3, 0.4) is 0 Å². The molecule has 0 heterocycles. The van der Waals surface area contributed by atoms with E-state index in [9.17, 15) is 9.59 Å². The number of hydrogen-bond acceptors (Lipinski definition) is 2. The summed E-state index contributed by atoms with van der Waals surface area (Å²) in [7, 11) is 0. The van der Waals surface area contributed by atoms with Crippen LogP contribution in [0, 0.1) is 13.8 Å². The second-order valence-corrected chi connectivity index (χ2v) is 7.99. The molecule has 3 heteroatoms. The molecule has 3 aromatic carbocycles. The highest BCUT2D eigenvalue weighted by Crippen LogP contribution is 2.24. The normalized spacial score (nSPS) is 10.4. The summed E-state index contributed by atoms with van der Waals surface area (Å²) in [5.41, 5.74) is 6.73. The third-order valence-corrected chi connectivity index (χ3v) is 5.21. The molecular weight excluding hydrogens is 382 g/mol. The number of Topliss-reactive ketones (excluding diaryl/α,β-unsaturated/α-hetero) is 1. The van der Waals surface area contributed by atoms with Gasteiger partial charge in [0.1, 0.15) is 5.78 Å². The lowest BCUT2D eigenvalue weighted by Gasteiger charge is -2.22. The number of amides is 1. The Labute approximate surface area is 185 Å². The number of hydrogen-bond donors (Lipinski definition) is 0. The molecule has 1 amide bonds. The molecule has 0 radical (unpaired) electrons. The van der Waals surface area contributed by atoms with E-state index in [-0.39, 0.29) is 18.1 Å². The van der Waals surface area contributed by atoms with Crippen molar-refractivity contribution < 1.29 is 9.59 Å². The van der Waals surface area contributed by atoms with Gasteiger partial charge in [-0.05, 0) is 43.0 Å². The van der Waals surface area contributed by atoms with Gasteiger partial charge in [-0.25, -0.2) is 0 Å². The van der Waals surface area contributed by atoms with Crippen molar-refractivity contribution in [3.8, 4) is 0 Å². The highest BCUT2D eigenvalue weighted by atomic mass is 16.2. The second kappa shape index (κ2) is 10.5. The standard InChI is InChI=1S/C28H29NO2/c1-21-9-13-25(14-10-21)27(26-15-11-22(2)12-16-26)17-18-29(28(31)19-23(3)30)20-24-7-5-4-6-8-24/h4-17H,18-20H2,1-3H3. The molecule has 0 spiro atoms. The van der Waals surface area contributed by atoms with Crippen molar-refractivity contribution >= 4 is 17.3 Å². The fourth-order valence-electron chi connectivity index (χ4n) is 3.45. The quantitative estimate of drug-likeness (QED) is 0.443. The minimum Gasteiger partial charge on any atom is -0.334 e. The van der Waals surface area contributed by atoms with Crippen molar-refractivity contribution in [2.24, 2.45) is 0 Å². The SMILES string of the molecule is CC(=O)CC(=O)N(CC=C(c1ccc(C)cc1)c1ccc(C)cc1)Cc1ccccc1. The molecule has 31 heavy (non-hydrogen) atoms. The first-order chi connectivity index (χ1) is 14.9. The maximum absolute atomic E-state index is 12.8. The summed E-state index contributed by atoms with van der Waals surface area (Å²) >= 11 is 0. The smallest absolute Gasteiger partial charge is 0.230 e. The minimum atomic E-state index is -0.153. The van der Waals surface area contributed by atoms with Crippen LogP contribution in [0.4, 0.5) is 0 Å². The van der Waals surface area contributed by atoms with Gasteiger partial charge in [-0.2, -0.15) is 0 Å². The Balaban J connectivity index is 1.94. The Morgan fingerprint density at radius 3 is 1.77 bits per heavy atom. The molecular formula is C28H29NO2. The Morgan fingerprint density at radius 2 is 1.29 bits per heavy atom. The first-order valence-corrected chi connectivity index (χ1v) is 10.6. The Hall–Kier alpha value is -3.46. The molecule has 0 saturated heterocycles. The molecule has 0 unspecified atom stereocenters. The number of rotatable bonds is 8. The molecule has 0 aromatic heterocycles. The van der Waals surface area contributed by atoms with Crippen LogP contribution in [-0.4, -0.2) is 23.1 Å². The molecule has 3 nitrogen and oxygen atoms in total. The molecule has 0 N–H and O–H groups in total. The topological polar surface area (TPSA) is 37.4 Å². The van der Waals surface area contributed by atoms with Crippen LogP contribution in [0.2, 0.25) is 0 Å². The third kappa shape index (κ3) is 6.51. The van der Waals surface area contributed by atoms with Crippen molar-refractivity contribution in [1.29, 1.82) is 0 Å². The molecule has 3 aromatic rings. The summed E-state index contributed by atoms with van der Waals surface area (Å²) in [5.74, 6) is -0.274. The molecule has 0 aliphatic rings. The maximum atomic E-state index is 12.8. The van der Waals surface area contributed by atoms with Crippen LogP contribution in [-0.2, 0) is 16.1 Å². The lowest BCUT2D eigenvalue weighted by atomic mass is 9.96. The van der Waals surface area contributed by atoms with E-state index in [1.54, 1.807) is 4.90 Å². The monoisotopic (exact) mass is 411 g/mol. The van der Waals surface area contributed by atoms with Gasteiger partial charge in [0.15, 0.2) is 0 Å². The number of nitrogens with zero attached hydrogens (tertiary/aromatic N) is 1. The highest BCUT2D eigenvalue weighted by Gasteiger charge is 2.16. The van der Waals surface area contributed by atoms with Crippen LogP contribution < -0.4 is 0 Å². The molecule has 0 atom stereocenters. The van der Waals surface area contributed by atoms with E-state index in [4.69, 9.17) is 0 Å². The van der Waals surface area contributed by atoms with Crippen LogP contribution in [0.5, 0.6) is 0 Å². The predicted molar refractivity (Wildman–Crippen MR) is 127 cm³/mol. The van der Waals surface area contributed by atoms with Gasteiger partial charge >= 0.3 is 0 Å². The first-order valence-electron chi connectivity index (χ1n) is 10.6. The summed E-state index contributed by atoms with van der Waals surface area (Å²) in [6.45, 7) is 6.50. The van der Waals surface area contributed by atoms with Gasteiger partial charge in [-0.15, -0.1) is 0 Å². The number of aryl methyl sites for hydroxylation is 2. The Kier molecular flexibility index (Phi) is 7.55. The van der Waals surface area contributed by atoms with Crippen LogP contribution >= 0.6 is 0 Å². The maximum Gasteiger partial charge on any atom is 0.230 e. The number of ketones is 1. The van der Waals surface area contributed by atoms with E-state index in [0.717, 1.165) is 22.3 Å². The molecule has 0 bridgehead atoms. The fraction of sp³-hybridized carbons (Fsp3) is 0.214. The lowest BCUT2D eigenvalue weighted by molar-refractivity contribution is -0.134. The van der Waals surface area contributed by atoms with Gasteiger partial charge in [0, 0.05) is 13.1 Å². The molecule has 0 aliphatic carbocycles. The van der Waals surface area contributed by atoms with Crippen molar-refractivity contribution in [3.05, 3.63) is 113 Å². The van der Waals surface area contributed by atoms with E-state index in [1.165, 1.54) is 18.1 Å². The molecule has 158 valence electrons. The molecule has 0 fully saturated rings. The van der Waals surface area contributed by atoms with E-state index in [2.05, 4.69) is 68.5 Å². The summed E-state index contributed by atoms with van der Waals surface area (Å²) in [6.07, 6.45) is 2.02. The number of carbonyl (C=O) groups is 2. The average molecular weight is 412 g/mol. The number of benzene rings is 3. The van der Waals surface area contributed by atoms with Gasteiger partial charge in [0.2, 0.25) is 5.91 Å². The molecule has 3 rings (SSSR count). The van der Waals surface area contributed by atoms with E-state index in [1.807, 2.05) is 30.3 Å². The van der Waals surface area contributed by atoms with Gasteiger partial charge < -0.3 is 4.90 Å². The fourth-order valence-corrected chi connectivity index (χ4v) is 3.45. The average Bonchev–Trinajstić information content (AvgIpc) is 2.75. The van der Waals surface area contributed by atoms with Gasteiger partial charge in [-0.1, -0.05) is 96.1 Å². The Morgan fingerprint density at radius 1 is 0.774 bits per heavy atom. The molecule has 0 saturated carbocycles. The summed E-state index contributed by atoms with van der Waals surface area (Å²) < 4.78 is 0. The largest absolute Gasteiger partial charge is 0.334 e. The zero-order valence-corrected chi connectivity index (χ0v) is 18.5. The summed E-state index contributed by atoms with van der Waals surface area (Å²) in [4.78, 5) is 26.2.